The average Bonchev–Trinajstić information content (AvgIpc) is 3.08. The van der Waals surface area contributed by atoms with E-state index in [0.717, 1.165) is 5.56 Å². The zero-order valence-electron chi connectivity index (χ0n) is 18.0. The number of ether oxygens (including phenoxy) is 2. The highest BCUT2D eigenvalue weighted by atomic mass is 16.5. The number of hydrogen-bond acceptors (Lipinski definition) is 5. The van der Waals surface area contributed by atoms with Gasteiger partial charge in [0.05, 0.1) is 37.1 Å². The summed E-state index contributed by atoms with van der Waals surface area (Å²) in [5.41, 5.74) is 2.45. The van der Waals surface area contributed by atoms with E-state index in [1.54, 1.807) is 48.5 Å². The molecule has 1 aliphatic rings. The maximum atomic E-state index is 13.3. The lowest BCUT2D eigenvalue weighted by molar-refractivity contribution is -0.132. The van der Waals surface area contributed by atoms with Gasteiger partial charge < -0.3 is 14.6 Å². The topological polar surface area (TPSA) is 76.1 Å². The van der Waals surface area contributed by atoms with E-state index in [4.69, 9.17) is 9.47 Å². The number of amides is 1. The Kier molecular flexibility index (Phi) is 5.69. The van der Waals surface area contributed by atoms with Crippen LogP contribution in [0.15, 0.2) is 78.4 Å². The van der Waals surface area contributed by atoms with Crippen molar-refractivity contribution in [1.82, 2.24) is 0 Å². The van der Waals surface area contributed by atoms with Crippen molar-refractivity contribution in [1.29, 1.82) is 0 Å². The molecule has 162 valence electrons. The van der Waals surface area contributed by atoms with Crippen LogP contribution in [0.4, 0.5) is 5.69 Å². The molecule has 0 aliphatic carbocycles. The lowest BCUT2D eigenvalue weighted by Crippen LogP contribution is -2.29. The molecule has 1 amide bonds. The van der Waals surface area contributed by atoms with Crippen LogP contribution in [0.3, 0.4) is 0 Å². The average molecular weight is 429 g/mol. The van der Waals surface area contributed by atoms with Crippen LogP contribution in [0.2, 0.25) is 0 Å². The first-order valence-corrected chi connectivity index (χ1v) is 10.1. The van der Waals surface area contributed by atoms with Gasteiger partial charge in [0.1, 0.15) is 17.3 Å². The zero-order chi connectivity index (χ0) is 22.8. The summed E-state index contributed by atoms with van der Waals surface area (Å²) < 4.78 is 10.8. The number of Topliss-reactive ketones (excluding diaryl/α,β-unsaturated/α-hetero) is 1. The highest BCUT2D eigenvalue weighted by molar-refractivity contribution is 6.52. The van der Waals surface area contributed by atoms with Gasteiger partial charge in [0.15, 0.2) is 0 Å². The largest absolute Gasteiger partial charge is 0.507 e. The molecule has 0 aromatic heterocycles. The quantitative estimate of drug-likeness (QED) is 0.363. The summed E-state index contributed by atoms with van der Waals surface area (Å²) in [5, 5.41) is 11.3. The maximum absolute atomic E-state index is 13.3. The van der Waals surface area contributed by atoms with Gasteiger partial charge in [0.25, 0.3) is 11.7 Å². The normalized spacial score (nSPS) is 17.5. The molecule has 1 saturated heterocycles. The van der Waals surface area contributed by atoms with E-state index in [2.05, 4.69) is 0 Å². The minimum atomic E-state index is -0.837. The van der Waals surface area contributed by atoms with Gasteiger partial charge in [-0.1, -0.05) is 54.1 Å². The Hall–Kier alpha value is -4.06. The number of carbonyl (C=O) groups excluding carboxylic acids is 2. The van der Waals surface area contributed by atoms with Crippen LogP contribution in [-0.2, 0) is 9.59 Å². The van der Waals surface area contributed by atoms with Gasteiger partial charge in [-0.2, -0.15) is 0 Å². The Labute approximate surface area is 186 Å². The zero-order valence-corrected chi connectivity index (χ0v) is 18.0. The predicted molar refractivity (Wildman–Crippen MR) is 122 cm³/mol. The van der Waals surface area contributed by atoms with E-state index in [-0.39, 0.29) is 11.3 Å². The molecule has 6 nitrogen and oxygen atoms in total. The Bertz CT molecular complexity index is 1230. The molecule has 3 aromatic rings. The predicted octanol–water partition coefficient (Wildman–Crippen LogP) is 4.64. The molecule has 1 aliphatic heterocycles. The summed E-state index contributed by atoms with van der Waals surface area (Å²) in [6.45, 7) is 1.93. The molecule has 0 radical (unpaired) electrons. The van der Waals surface area contributed by atoms with Gasteiger partial charge in [-0.05, 0) is 36.8 Å². The number of rotatable bonds is 5. The number of benzene rings is 3. The molecular formula is C26H23NO5. The van der Waals surface area contributed by atoms with Gasteiger partial charge >= 0.3 is 0 Å². The van der Waals surface area contributed by atoms with Crippen molar-refractivity contribution in [2.75, 3.05) is 19.1 Å². The van der Waals surface area contributed by atoms with Crippen LogP contribution in [0.1, 0.15) is 22.7 Å². The molecule has 1 heterocycles. The number of aryl methyl sites for hydroxylation is 1. The number of anilines is 1. The first-order valence-electron chi connectivity index (χ1n) is 10.1. The summed E-state index contributed by atoms with van der Waals surface area (Å²) in [6.07, 6.45) is 0. The van der Waals surface area contributed by atoms with E-state index in [1.165, 1.54) is 19.1 Å². The van der Waals surface area contributed by atoms with Gasteiger partial charge in [-0.3, -0.25) is 14.5 Å². The van der Waals surface area contributed by atoms with Crippen molar-refractivity contribution in [3.8, 4) is 11.5 Å². The number of aliphatic hydroxyl groups excluding tert-OH is 1. The third kappa shape index (κ3) is 3.50. The number of aliphatic hydroxyl groups is 1. The summed E-state index contributed by atoms with van der Waals surface area (Å²) in [7, 11) is 2.99. The van der Waals surface area contributed by atoms with Gasteiger partial charge in [-0.15, -0.1) is 0 Å². The molecular weight excluding hydrogens is 406 g/mol. The Balaban J connectivity index is 2.01. The third-order valence-electron chi connectivity index (χ3n) is 5.51. The van der Waals surface area contributed by atoms with Crippen molar-refractivity contribution in [2.24, 2.45) is 0 Å². The molecule has 3 aromatic carbocycles. The summed E-state index contributed by atoms with van der Waals surface area (Å²) in [6, 6.07) is 20.5. The Morgan fingerprint density at radius 3 is 2.22 bits per heavy atom. The molecule has 32 heavy (non-hydrogen) atoms. The molecule has 1 fully saturated rings. The van der Waals surface area contributed by atoms with Crippen LogP contribution in [0.5, 0.6) is 11.5 Å². The molecule has 0 bridgehead atoms. The van der Waals surface area contributed by atoms with E-state index >= 15 is 0 Å². The van der Waals surface area contributed by atoms with Crippen molar-refractivity contribution >= 4 is 23.1 Å². The van der Waals surface area contributed by atoms with Crippen LogP contribution in [0, 0.1) is 6.92 Å². The molecule has 1 atom stereocenters. The minimum absolute atomic E-state index is 0.00370. The van der Waals surface area contributed by atoms with Crippen molar-refractivity contribution in [3.63, 3.8) is 0 Å². The Morgan fingerprint density at radius 1 is 0.875 bits per heavy atom. The van der Waals surface area contributed by atoms with Crippen molar-refractivity contribution in [3.05, 3.63) is 95.1 Å². The second kappa shape index (κ2) is 8.59. The lowest BCUT2D eigenvalue weighted by Gasteiger charge is -2.27. The third-order valence-corrected chi connectivity index (χ3v) is 5.51. The number of methoxy groups -OCH3 is 2. The summed E-state index contributed by atoms with van der Waals surface area (Å²) >= 11 is 0. The lowest BCUT2D eigenvalue weighted by atomic mass is 9.94. The Morgan fingerprint density at radius 2 is 1.53 bits per heavy atom. The van der Waals surface area contributed by atoms with Crippen LogP contribution in [-0.4, -0.2) is 31.0 Å². The van der Waals surface area contributed by atoms with Crippen LogP contribution < -0.4 is 14.4 Å². The number of hydrogen-bond donors (Lipinski definition) is 1. The maximum Gasteiger partial charge on any atom is 0.300 e. The van der Waals surface area contributed by atoms with Gasteiger partial charge in [0, 0.05) is 0 Å². The minimum Gasteiger partial charge on any atom is -0.507 e. The number of ketones is 1. The van der Waals surface area contributed by atoms with Crippen molar-refractivity contribution in [2.45, 2.75) is 13.0 Å². The molecule has 0 spiro atoms. The van der Waals surface area contributed by atoms with Crippen LogP contribution >= 0.6 is 0 Å². The first kappa shape index (κ1) is 21.2. The highest BCUT2D eigenvalue weighted by Crippen LogP contribution is 2.45. The fourth-order valence-electron chi connectivity index (χ4n) is 4.05. The van der Waals surface area contributed by atoms with Crippen LogP contribution in [0.25, 0.3) is 5.76 Å². The monoisotopic (exact) mass is 429 g/mol. The summed E-state index contributed by atoms with van der Waals surface area (Å²) in [4.78, 5) is 28.0. The molecule has 1 N–H and O–H groups in total. The summed E-state index contributed by atoms with van der Waals surface area (Å²) in [5.74, 6) is -0.950. The van der Waals surface area contributed by atoms with Crippen molar-refractivity contribution < 1.29 is 24.2 Å². The number of para-hydroxylation sites is 3. The fourth-order valence-corrected chi connectivity index (χ4v) is 4.05. The number of nitrogens with zero attached hydrogens (tertiary/aromatic N) is 1. The highest BCUT2D eigenvalue weighted by Gasteiger charge is 2.48. The number of carbonyl (C=O) groups is 2. The molecule has 6 heteroatoms. The molecule has 4 rings (SSSR count). The first-order chi connectivity index (χ1) is 15.5. The molecule has 1 unspecified atom stereocenters. The second-order valence-corrected chi connectivity index (χ2v) is 7.46. The smallest absolute Gasteiger partial charge is 0.300 e. The molecule has 0 saturated carbocycles. The van der Waals surface area contributed by atoms with E-state index in [0.29, 0.717) is 28.3 Å². The fraction of sp³-hybridized carbons (Fsp3) is 0.154. The van der Waals surface area contributed by atoms with E-state index in [1.807, 2.05) is 31.2 Å². The van der Waals surface area contributed by atoms with Gasteiger partial charge in [0.2, 0.25) is 0 Å². The van der Waals surface area contributed by atoms with E-state index < -0.39 is 17.7 Å². The standard InChI is InChI=1S/C26H23NO5/c1-16-9-8-10-17(15-16)23-22(24(28)18-11-4-6-13-20(18)31-2)25(29)26(30)27(23)19-12-5-7-14-21(19)32-3/h4-15,23,28H,1-3H3/b24-22-. The van der Waals surface area contributed by atoms with Gasteiger partial charge in [-0.25, -0.2) is 0 Å². The second-order valence-electron chi connectivity index (χ2n) is 7.46. The van der Waals surface area contributed by atoms with E-state index in [9.17, 15) is 14.7 Å². The SMILES string of the molecule is COc1ccccc1/C(O)=C1/C(=O)C(=O)N(c2ccccc2OC)C1c1cccc(C)c1.